The van der Waals surface area contributed by atoms with Crippen LogP contribution in [0.5, 0.6) is 0 Å². The summed E-state index contributed by atoms with van der Waals surface area (Å²) in [5.41, 5.74) is 2.61. The van der Waals surface area contributed by atoms with E-state index >= 15 is 0 Å². The molecule has 1 fully saturated rings. The van der Waals surface area contributed by atoms with Gasteiger partial charge < -0.3 is 20.0 Å². The van der Waals surface area contributed by atoms with Gasteiger partial charge in [0.2, 0.25) is 0 Å². The van der Waals surface area contributed by atoms with Crippen molar-refractivity contribution in [2.24, 2.45) is 4.99 Å². The summed E-state index contributed by atoms with van der Waals surface area (Å²) in [7, 11) is 6.16. The van der Waals surface area contributed by atoms with Gasteiger partial charge in [-0.3, -0.25) is 4.99 Å². The van der Waals surface area contributed by atoms with E-state index in [-0.39, 0.29) is 0 Å². The number of guanidine groups is 1. The van der Waals surface area contributed by atoms with Gasteiger partial charge in [0.15, 0.2) is 5.96 Å². The van der Waals surface area contributed by atoms with Gasteiger partial charge in [-0.05, 0) is 38.9 Å². The van der Waals surface area contributed by atoms with Gasteiger partial charge in [-0.25, -0.2) is 0 Å². The molecule has 1 aliphatic heterocycles. The molecule has 0 spiro atoms. The summed E-state index contributed by atoms with van der Waals surface area (Å²) in [6, 6.07) is 8.71. The average Bonchev–Trinajstić information content (AvgIpc) is 2.61. The van der Waals surface area contributed by atoms with E-state index in [0.717, 1.165) is 19.0 Å². The lowest BCUT2D eigenvalue weighted by molar-refractivity contribution is 0.152. The molecule has 0 saturated carbocycles. The van der Waals surface area contributed by atoms with Crippen LogP contribution in [-0.4, -0.2) is 81.1 Å². The zero-order valence-corrected chi connectivity index (χ0v) is 16.5. The minimum atomic E-state index is 0.876. The molecule has 1 aliphatic rings. The maximum atomic E-state index is 4.41. The predicted octanol–water partition coefficient (Wildman–Crippen LogP) is 2.03. The zero-order valence-electron chi connectivity index (χ0n) is 16.5. The van der Waals surface area contributed by atoms with Gasteiger partial charge in [-0.2, -0.15) is 0 Å². The molecule has 1 aromatic carbocycles. The summed E-state index contributed by atoms with van der Waals surface area (Å²) in [6.07, 6.45) is 2.43. The van der Waals surface area contributed by atoms with Crippen LogP contribution in [0, 0.1) is 6.92 Å². The number of nitrogens with zero attached hydrogens (tertiary/aromatic N) is 4. The number of hydrogen-bond donors (Lipinski definition) is 1. The Balaban J connectivity index is 1.63. The first-order chi connectivity index (χ1) is 12.1. The van der Waals surface area contributed by atoms with Gasteiger partial charge in [0.25, 0.3) is 0 Å². The number of aryl methyl sites for hydroxylation is 1. The smallest absolute Gasteiger partial charge is 0.193 e. The van der Waals surface area contributed by atoms with Crippen LogP contribution < -0.4 is 5.32 Å². The Kier molecular flexibility index (Phi) is 8.22. The molecule has 2 rings (SSSR count). The maximum absolute atomic E-state index is 4.41. The van der Waals surface area contributed by atoms with Gasteiger partial charge in [0.05, 0.1) is 0 Å². The van der Waals surface area contributed by atoms with E-state index in [1.54, 1.807) is 0 Å². The van der Waals surface area contributed by atoms with E-state index in [1.165, 1.54) is 56.7 Å². The largest absolute Gasteiger partial charge is 0.356 e. The molecule has 5 nitrogen and oxygen atoms in total. The lowest BCUT2D eigenvalue weighted by Gasteiger charge is -2.32. The second-order valence-electron chi connectivity index (χ2n) is 7.17. The van der Waals surface area contributed by atoms with Crippen LogP contribution in [0.15, 0.2) is 29.3 Å². The number of hydrogen-bond acceptors (Lipinski definition) is 3. The molecule has 0 aliphatic carbocycles. The third-order valence-electron chi connectivity index (χ3n) is 4.89. The van der Waals surface area contributed by atoms with Gasteiger partial charge in [-0.1, -0.05) is 29.8 Å². The highest BCUT2D eigenvalue weighted by molar-refractivity contribution is 5.79. The minimum absolute atomic E-state index is 0.876. The summed E-state index contributed by atoms with van der Waals surface area (Å²) in [4.78, 5) is 11.6. The summed E-state index contributed by atoms with van der Waals surface area (Å²) < 4.78 is 0. The number of nitrogens with one attached hydrogen (secondary N) is 1. The normalized spacial score (nSPS) is 16.9. The number of aliphatic imine (C=N–C) groups is 1. The predicted molar refractivity (Wildman–Crippen MR) is 107 cm³/mol. The Bertz CT molecular complexity index is 517. The molecule has 0 radical (unpaired) electrons. The van der Waals surface area contributed by atoms with E-state index in [4.69, 9.17) is 0 Å². The Hall–Kier alpha value is -1.59. The molecule has 0 amide bonds. The standard InChI is InChI=1S/C20H35N5/c1-18-7-9-19(10-8-18)17-24(4)20(21-2)22-11-5-6-12-25-15-13-23(3)14-16-25/h7-10H,5-6,11-17H2,1-4H3,(H,21,22). The summed E-state index contributed by atoms with van der Waals surface area (Å²) in [5, 5.41) is 3.49. The van der Waals surface area contributed by atoms with Gasteiger partial charge in [-0.15, -0.1) is 0 Å². The number of rotatable bonds is 7. The molecule has 1 saturated heterocycles. The van der Waals surface area contributed by atoms with Crippen molar-refractivity contribution in [3.8, 4) is 0 Å². The van der Waals surface area contributed by atoms with Crippen LogP contribution >= 0.6 is 0 Å². The van der Waals surface area contributed by atoms with Crippen LogP contribution in [0.1, 0.15) is 24.0 Å². The average molecular weight is 346 g/mol. The van der Waals surface area contributed by atoms with Crippen molar-refractivity contribution in [2.75, 3.05) is 60.4 Å². The fourth-order valence-corrected chi connectivity index (χ4v) is 3.16. The van der Waals surface area contributed by atoms with E-state index in [2.05, 4.69) is 70.3 Å². The monoisotopic (exact) mass is 345 g/mol. The van der Waals surface area contributed by atoms with E-state index in [9.17, 15) is 0 Å². The van der Waals surface area contributed by atoms with Gasteiger partial charge in [0.1, 0.15) is 0 Å². The molecule has 0 aromatic heterocycles. The molecule has 0 unspecified atom stereocenters. The topological polar surface area (TPSA) is 34.1 Å². The van der Waals surface area contributed by atoms with E-state index in [0.29, 0.717) is 0 Å². The third kappa shape index (κ3) is 7.04. The molecule has 0 bridgehead atoms. The fourth-order valence-electron chi connectivity index (χ4n) is 3.16. The van der Waals surface area contributed by atoms with Crippen LogP contribution in [0.25, 0.3) is 0 Å². The molecular formula is C20H35N5. The number of unbranched alkanes of at least 4 members (excludes halogenated alkanes) is 1. The molecule has 1 N–H and O–H groups in total. The maximum Gasteiger partial charge on any atom is 0.193 e. The zero-order chi connectivity index (χ0) is 18.1. The molecular weight excluding hydrogens is 310 g/mol. The van der Waals surface area contributed by atoms with Crippen molar-refractivity contribution in [1.29, 1.82) is 0 Å². The molecule has 1 heterocycles. The molecule has 25 heavy (non-hydrogen) atoms. The molecule has 1 aromatic rings. The second-order valence-corrected chi connectivity index (χ2v) is 7.17. The highest BCUT2D eigenvalue weighted by Crippen LogP contribution is 2.06. The van der Waals surface area contributed by atoms with Crippen LogP contribution in [0.3, 0.4) is 0 Å². The first-order valence-electron chi connectivity index (χ1n) is 9.46. The highest BCUT2D eigenvalue weighted by atomic mass is 15.3. The summed E-state index contributed by atoms with van der Waals surface area (Å²) >= 11 is 0. The first kappa shape index (κ1) is 19.7. The SMILES string of the molecule is CN=C(NCCCCN1CCN(C)CC1)N(C)Cc1ccc(C)cc1. The van der Waals surface area contributed by atoms with Crippen molar-refractivity contribution in [1.82, 2.24) is 20.0 Å². The second kappa shape index (κ2) is 10.4. The summed E-state index contributed by atoms with van der Waals surface area (Å²) in [6.45, 7) is 10.0. The Morgan fingerprint density at radius 3 is 2.44 bits per heavy atom. The van der Waals surface area contributed by atoms with Gasteiger partial charge >= 0.3 is 0 Å². The highest BCUT2D eigenvalue weighted by Gasteiger charge is 2.12. The van der Waals surface area contributed by atoms with E-state index < -0.39 is 0 Å². The first-order valence-corrected chi connectivity index (χ1v) is 9.46. The van der Waals surface area contributed by atoms with Crippen LogP contribution in [-0.2, 0) is 6.54 Å². The van der Waals surface area contributed by atoms with Crippen molar-refractivity contribution in [3.63, 3.8) is 0 Å². The quantitative estimate of drug-likeness (QED) is 0.466. The third-order valence-corrected chi connectivity index (χ3v) is 4.89. The van der Waals surface area contributed by atoms with Crippen molar-refractivity contribution >= 4 is 5.96 Å². The van der Waals surface area contributed by atoms with Gasteiger partial charge in [0, 0.05) is 53.4 Å². The molecule has 5 heteroatoms. The molecule has 140 valence electrons. The van der Waals surface area contributed by atoms with E-state index in [1.807, 2.05) is 7.05 Å². The lowest BCUT2D eigenvalue weighted by Crippen LogP contribution is -2.44. The number of piperazine rings is 1. The van der Waals surface area contributed by atoms with Crippen LogP contribution in [0.2, 0.25) is 0 Å². The summed E-state index contributed by atoms with van der Waals surface area (Å²) in [5.74, 6) is 0.972. The van der Waals surface area contributed by atoms with Crippen molar-refractivity contribution < 1.29 is 0 Å². The van der Waals surface area contributed by atoms with Crippen LogP contribution in [0.4, 0.5) is 0 Å². The lowest BCUT2D eigenvalue weighted by atomic mass is 10.1. The Morgan fingerprint density at radius 1 is 1.12 bits per heavy atom. The number of likely N-dealkylation sites (N-methyl/N-ethyl adjacent to an activating group) is 1. The minimum Gasteiger partial charge on any atom is -0.356 e. The molecule has 0 atom stereocenters. The Morgan fingerprint density at radius 2 is 1.80 bits per heavy atom. The Labute approximate surface area is 153 Å². The number of benzene rings is 1. The van der Waals surface area contributed by atoms with Crippen molar-refractivity contribution in [3.05, 3.63) is 35.4 Å². The fraction of sp³-hybridized carbons (Fsp3) is 0.650. The van der Waals surface area contributed by atoms with Crippen molar-refractivity contribution in [2.45, 2.75) is 26.3 Å².